The van der Waals surface area contributed by atoms with Gasteiger partial charge in [-0.15, -0.1) is 11.8 Å². The average Bonchev–Trinajstić information content (AvgIpc) is 3.14. The van der Waals surface area contributed by atoms with Gasteiger partial charge in [0.1, 0.15) is 0 Å². The van der Waals surface area contributed by atoms with Crippen LogP contribution in [0.2, 0.25) is 0 Å². The van der Waals surface area contributed by atoms with Crippen molar-refractivity contribution in [3.63, 3.8) is 0 Å². The van der Waals surface area contributed by atoms with Gasteiger partial charge in [-0.1, -0.05) is 25.0 Å². The SMILES string of the molecule is O=C(CC1CCNC1)Nc1ccccc1SC1CCCC1. The summed E-state index contributed by atoms with van der Waals surface area (Å²) in [6, 6.07) is 8.23. The highest BCUT2D eigenvalue weighted by atomic mass is 32.2. The summed E-state index contributed by atoms with van der Waals surface area (Å²) in [5, 5.41) is 7.17. The van der Waals surface area contributed by atoms with Crippen LogP contribution in [-0.2, 0) is 4.79 Å². The van der Waals surface area contributed by atoms with Gasteiger partial charge in [0.15, 0.2) is 0 Å². The van der Waals surface area contributed by atoms with E-state index < -0.39 is 0 Å². The quantitative estimate of drug-likeness (QED) is 0.872. The van der Waals surface area contributed by atoms with E-state index in [4.69, 9.17) is 0 Å². The highest BCUT2D eigenvalue weighted by Crippen LogP contribution is 2.38. The minimum atomic E-state index is 0.156. The number of rotatable bonds is 5. The van der Waals surface area contributed by atoms with Gasteiger partial charge in [0.05, 0.1) is 5.69 Å². The Bertz CT molecular complexity index is 479. The fraction of sp³-hybridized carbons (Fsp3) is 0.588. The number of hydrogen-bond acceptors (Lipinski definition) is 3. The number of nitrogens with one attached hydrogen (secondary N) is 2. The molecule has 3 nitrogen and oxygen atoms in total. The standard InChI is InChI=1S/C17H24N2OS/c20-17(11-13-9-10-18-12-13)19-15-7-3-4-8-16(15)21-14-5-1-2-6-14/h3-4,7-8,13-14,18H,1-2,5-6,9-12H2,(H,19,20). The molecule has 0 radical (unpaired) electrons. The van der Waals surface area contributed by atoms with Crippen molar-refractivity contribution in [1.82, 2.24) is 5.32 Å². The molecule has 1 amide bonds. The van der Waals surface area contributed by atoms with Crippen molar-refractivity contribution in [2.45, 2.75) is 48.7 Å². The molecule has 2 N–H and O–H groups in total. The van der Waals surface area contributed by atoms with Crippen molar-refractivity contribution >= 4 is 23.4 Å². The molecule has 4 heteroatoms. The first-order valence-electron chi connectivity index (χ1n) is 8.07. The van der Waals surface area contributed by atoms with Crippen molar-refractivity contribution in [1.29, 1.82) is 0 Å². The Morgan fingerprint density at radius 3 is 2.81 bits per heavy atom. The molecular formula is C17H24N2OS. The van der Waals surface area contributed by atoms with E-state index in [1.165, 1.54) is 30.6 Å². The molecule has 1 atom stereocenters. The Balaban J connectivity index is 1.59. The second-order valence-electron chi connectivity index (χ2n) is 6.13. The lowest BCUT2D eigenvalue weighted by Gasteiger charge is -2.15. The van der Waals surface area contributed by atoms with E-state index in [2.05, 4.69) is 22.8 Å². The molecule has 0 spiro atoms. The number of amides is 1. The van der Waals surface area contributed by atoms with Gasteiger partial charge in [0.2, 0.25) is 5.91 Å². The normalized spacial score (nSPS) is 22.6. The first kappa shape index (κ1) is 14.9. The van der Waals surface area contributed by atoms with Gasteiger partial charge in [-0.3, -0.25) is 4.79 Å². The van der Waals surface area contributed by atoms with Crippen LogP contribution in [0.3, 0.4) is 0 Å². The average molecular weight is 304 g/mol. The number of para-hydroxylation sites is 1. The van der Waals surface area contributed by atoms with Gasteiger partial charge in [0, 0.05) is 16.6 Å². The molecule has 1 heterocycles. The van der Waals surface area contributed by atoms with Crippen LogP contribution in [0.15, 0.2) is 29.2 Å². The van der Waals surface area contributed by atoms with Crippen LogP contribution in [0, 0.1) is 5.92 Å². The predicted molar refractivity (Wildman–Crippen MR) is 88.8 cm³/mol. The number of carbonyl (C=O) groups is 1. The molecule has 2 aliphatic rings. The fourth-order valence-electron chi connectivity index (χ4n) is 3.21. The van der Waals surface area contributed by atoms with E-state index in [9.17, 15) is 4.79 Å². The first-order valence-corrected chi connectivity index (χ1v) is 8.95. The Kier molecular flexibility index (Phi) is 5.20. The Morgan fingerprint density at radius 2 is 2.05 bits per heavy atom. The summed E-state index contributed by atoms with van der Waals surface area (Å²) in [4.78, 5) is 13.4. The van der Waals surface area contributed by atoms with Crippen molar-refractivity contribution in [3.05, 3.63) is 24.3 Å². The van der Waals surface area contributed by atoms with Gasteiger partial charge >= 0.3 is 0 Å². The van der Waals surface area contributed by atoms with E-state index in [0.717, 1.165) is 30.4 Å². The molecule has 21 heavy (non-hydrogen) atoms. The van der Waals surface area contributed by atoms with Crippen LogP contribution >= 0.6 is 11.8 Å². The molecule has 1 unspecified atom stereocenters. The third-order valence-electron chi connectivity index (χ3n) is 4.39. The van der Waals surface area contributed by atoms with Crippen LogP contribution in [-0.4, -0.2) is 24.2 Å². The Labute approximate surface area is 131 Å². The van der Waals surface area contributed by atoms with E-state index in [-0.39, 0.29) is 5.91 Å². The zero-order chi connectivity index (χ0) is 14.5. The number of benzene rings is 1. The van der Waals surface area contributed by atoms with E-state index in [1.807, 2.05) is 23.9 Å². The monoisotopic (exact) mass is 304 g/mol. The molecule has 1 saturated heterocycles. The Hall–Kier alpha value is -1.00. The van der Waals surface area contributed by atoms with Crippen LogP contribution in [0.1, 0.15) is 38.5 Å². The molecule has 1 aromatic rings. The van der Waals surface area contributed by atoms with Crippen molar-refractivity contribution in [2.75, 3.05) is 18.4 Å². The number of anilines is 1. The molecule has 114 valence electrons. The topological polar surface area (TPSA) is 41.1 Å². The zero-order valence-electron chi connectivity index (χ0n) is 12.4. The maximum absolute atomic E-state index is 12.2. The summed E-state index contributed by atoms with van der Waals surface area (Å²) in [5.41, 5.74) is 0.991. The molecular weight excluding hydrogens is 280 g/mol. The Morgan fingerprint density at radius 1 is 1.24 bits per heavy atom. The lowest BCUT2D eigenvalue weighted by Crippen LogP contribution is -2.18. The lowest BCUT2D eigenvalue weighted by molar-refractivity contribution is -0.117. The molecule has 2 fully saturated rings. The van der Waals surface area contributed by atoms with Gasteiger partial charge in [-0.2, -0.15) is 0 Å². The number of carbonyl (C=O) groups excluding carboxylic acids is 1. The summed E-state index contributed by atoms with van der Waals surface area (Å²) in [7, 11) is 0. The highest BCUT2D eigenvalue weighted by Gasteiger charge is 2.20. The second-order valence-corrected chi connectivity index (χ2v) is 7.47. The van der Waals surface area contributed by atoms with Gasteiger partial charge in [-0.05, 0) is 50.4 Å². The highest BCUT2D eigenvalue weighted by molar-refractivity contribution is 8.00. The fourth-order valence-corrected chi connectivity index (χ4v) is 4.54. The molecule has 1 aliphatic carbocycles. The molecule has 1 aliphatic heterocycles. The summed E-state index contributed by atoms with van der Waals surface area (Å²) >= 11 is 1.94. The van der Waals surface area contributed by atoms with Gasteiger partial charge in [0.25, 0.3) is 0 Å². The van der Waals surface area contributed by atoms with Crippen molar-refractivity contribution in [3.8, 4) is 0 Å². The minimum absolute atomic E-state index is 0.156. The van der Waals surface area contributed by atoms with Gasteiger partial charge in [-0.25, -0.2) is 0 Å². The predicted octanol–water partition coefficient (Wildman–Crippen LogP) is 3.66. The van der Waals surface area contributed by atoms with Crippen LogP contribution < -0.4 is 10.6 Å². The molecule has 1 aromatic carbocycles. The van der Waals surface area contributed by atoms with Crippen LogP contribution in [0.25, 0.3) is 0 Å². The summed E-state index contributed by atoms with van der Waals surface area (Å²) in [5.74, 6) is 0.655. The molecule has 1 saturated carbocycles. The second kappa shape index (κ2) is 7.32. The van der Waals surface area contributed by atoms with E-state index in [0.29, 0.717) is 12.3 Å². The minimum Gasteiger partial charge on any atom is -0.325 e. The van der Waals surface area contributed by atoms with Crippen molar-refractivity contribution in [2.24, 2.45) is 5.92 Å². The lowest BCUT2D eigenvalue weighted by atomic mass is 10.0. The van der Waals surface area contributed by atoms with E-state index in [1.54, 1.807) is 0 Å². The summed E-state index contributed by atoms with van der Waals surface area (Å²) in [6.07, 6.45) is 7.06. The first-order chi connectivity index (χ1) is 10.3. The third-order valence-corrected chi connectivity index (χ3v) is 5.81. The largest absolute Gasteiger partial charge is 0.325 e. The van der Waals surface area contributed by atoms with Crippen LogP contribution in [0.5, 0.6) is 0 Å². The zero-order valence-corrected chi connectivity index (χ0v) is 13.3. The summed E-state index contributed by atoms with van der Waals surface area (Å²) in [6.45, 7) is 2.03. The van der Waals surface area contributed by atoms with Crippen molar-refractivity contribution < 1.29 is 4.79 Å². The van der Waals surface area contributed by atoms with Gasteiger partial charge < -0.3 is 10.6 Å². The molecule has 0 bridgehead atoms. The third kappa shape index (κ3) is 4.24. The summed E-state index contributed by atoms with van der Waals surface area (Å²) < 4.78 is 0. The number of thioether (sulfide) groups is 1. The molecule has 3 rings (SSSR count). The maximum atomic E-state index is 12.2. The maximum Gasteiger partial charge on any atom is 0.224 e. The number of hydrogen-bond donors (Lipinski definition) is 2. The smallest absolute Gasteiger partial charge is 0.224 e. The molecule has 0 aromatic heterocycles. The van der Waals surface area contributed by atoms with E-state index >= 15 is 0 Å². The van der Waals surface area contributed by atoms with Crippen LogP contribution in [0.4, 0.5) is 5.69 Å².